The second kappa shape index (κ2) is 6.19. The van der Waals surface area contributed by atoms with Crippen LogP contribution in [-0.2, 0) is 0 Å². The molecule has 2 aromatic rings. The Labute approximate surface area is 119 Å². The first kappa shape index (κ1) is 14.1. The number of benzene rings is 1. The fourth-order valence-electron chi connectivity index (χ4n) is 1.98. The van der Waals surface area contributed by atoms with Crippen LogP contribution in [0.4, 0.5) is 11.5 Å². The molecule has 0 saturated heterocycles. The van der Waals surface area contributed by atoms with Crippen LogP contribution < -0.4 is 10.6 Å². The average molecular weight is 269 g/mol. The molecular formula is C16H19N3O. The highest BCUT2D eigenvalue weighted by atomic mass is 16.1. The monoisotopic (exact) mass is 269 g/mol. The Morgan fingerprint density at radius 3 is 2.60 bits per heavy atom. The van der Waals surface area contributed by atoms with E-state index in [1.165, 1.54) is 0 Å². The van der Waals surface area contributed by atoms with Gasteiger partial charge >= 0.3 is 0 Å². The van der Waals surface area contributed by atoms with Crippen LogP contribution in [0.1, 0.15) is 28.4 Å². The second-order valence-electron chi connectivity index (χ2n) is 4.75. The molecule has 1 aromatic carbocycles. The van der Waals surface area contributed by atoms with Gasteiger partial charge in [0, 0.05) is 18.4 Å². The largest absolute Gasteiger partial charge is 0.385 e. The number of carbonyl (C=O) groups excluding carboxylic acids is 1. The lowest BCUT2D eigenvalue weighted by atomic mass is 10.1. The zero-order chi connectivity index (χ0) is 14.5. The zero-order valence-corrected chi connectivity index (χ0v) is 12.0. The molecule has 2 N–H and O–H groups in total. The molecule has 0 unspecified atom stereocenters. The number of hydrogen-bond acceptors (Lipinski definition) is 3. The van der Waals surface area contributed by atoms with Gasteiger partial charge in [-0.05, 0) is 56.2 Å². The summed E-state index contributed by atoms with van der Waals surface area (Å²) in [5, 5.41) is 6.04. The first-order valence-corrected chi connectivity index (χ1v) is 6.68. The van der Waals surface area contributed by atoms with Gasteiger partial charge in [-0.15, -0.1) is 0 Å². The third kappa shape index (κ3) is 3.35. The number of amides is 1. The zero-order valence-electron chi connectivity index (χ0n) is 12.0. The number of aryl methyl sites for hydroxylation is 2. The van der Waals surface area contributed by atoms with Crippen LogP contribution in [0.5, 0.6) is 0 Å². The van der Waals surface area contributed by atoms with E-state index in [0.717, 1.165) is 23.4 Å². The Kier molecular flexibility index (Phi) is 4.35. The molecule has 20 heavy (non-hydrogen) atoms. The molecule has 0 aliphatic heterocycles. The van der Waals surface area contributed by atoms with Gasteiger partial charge in [0.05, 0.1) is 5.56 Å². The summed E-state index contributed by atoms with van der Waals surface area (Å²) in [4.78, 5) is 16.5. The third-order valence-corrected chi connectivity index (χ3v) is 2.94. The van der Waals surface area contributed by atoms with Crippen LogP contribution in [0.2, 0.25) is 0 Å². The lowest BCUT2D eigenvalue weighted by molar-refractivity contribution is 0.102. The fourth-order valence-corrected chi connectivity index (χ4v) is 1.98. The maximum Gasteiger partial charge on any atom is 0.258 e. The number of rotatable bonds is 4. The quantitative estimate of drug-likeness (QED) is 0.894. The number of pyridine rings is 1. The molecule has 4 heteroatoms. The summed E-state index contributed by atoms with van der Waals surface area (Å²) >= 11 is 0. The van der Waals surface area contributed by atoms with E-state index in [1.54, 1.807) is 6.20 Å². The summed E-state index contributed by atoms with van der Waals surface area (Å²) in [7, 11) is 0. The van der Waals surface area contributed by atoms with Gasteiger partial charge in [-0.1, -0.05) is 6.07 Å². The lowest BCUT2D eigenvalue weighted by Crippen LogP contribution is -2.15. The van der Waals surface area contributed by atoms with Crippen LogP contribution in [0, 0.1) is 13.8 Å². The summed E-state index contributed by atoms with van der Waals surface area (Å²) in [6.07, 6.45) is 1.69. The standard InChI is InChI=1S/C16H19N3O/c1-4-17-14-9-11(2)5-6-13(14)16(20)19-15-10-12(3)7-8-18-15/h5-10,17H,4H2,1-3H3,(H,18,19,20). The Hall–Kier alpha value is -2.36. The van der Waals surface area contributed by atoms with E-state index in [-0.39, 0.29) is 5.91 Å². The van der Waals surface area contributed by atoms with Crippen LogP contribution in [0.25, 0.3) is 0 Å². The Morgan fingerprint density at radius 1 is 1.15 bits per heavy atom. The first-order valence-electron chi connectivity index (χ1n) is 6.68. The number of nitrogens with one attached hydrogen (secondary N) is 2. The minimum atomic E-state index is -0.154. The molecule has 1 amide bonds. The smallest absolute Gasteiger partial charge is 0.258 e. The number of nitrogens with zero attached hydrogens (tertiary/aromatic N) is 1. The number of aromatic nitrogens is 1. The molecule has 4 nitrogen and oxygen atoms in total. The Bertz CT molecular complexity index is 623. The minimum Gasteiger partial charge on any atom is -0.385 e. The first-order chi connectivity index (χ1) is 9.60. The van der Waals surface area contributed by atoms with Crippen molar-refractivity contribution in [3.8, 4) is 0 Å². The molecule has 0 bridgehead atoms. The van der Waals surface area contributed by atoms with Gasteiger partial charge in [0.25, 0.3) is 5.91 Å². The molecule has 1 aromatic heterocycles. The van der Waals surface area contributed by atoms with Crippen molar-refractivity contribution < 1.29 is 4.79 Å². The summed E-state index contributed by atoms with van der Waals surface area (Å²) in [6, 6.07) is 9.48. The van der Waals surface area contributed by atoms with Crippen molar-refractivity contribution in [1.29, 1.82) is 0 Å². The maximum atomic E-state index is 12.3. The van der Waals surface area contributed by atoms with Gasteiger partial charge in [0.2, 0.25) is 0 Å². The summed E-state index contributed by atoms with van der Waals surface area (Å²) in [5.74, 6) is 0.414. The van der Waals surface area contributed by atoms with E-state index >= 15 is 0 Å². The molecule has 0 spiro atoms. The van der Waals surface area contributed by atoms with Crippen molar-refractivity contribution >= 4 is 17.4 Å². The molecule has 0 fully saturated rings. The molecule has 0 atom stereocenters. The third-order valence-electron chi connectivity index (χ3n) is 2.94. The summed E-state index contributed by atoms with van der Waals surface area (Å²) in [5.41, 5.74) is 3.65. The van der Waals surface area contributed by atoms with Gasteiger partial charge < -0.3 is 10.6 Å². The van der Waals surface area contributed by atoms with Crippen molar-refractivity contribution in [3.63, 3.8) is 0 Å². The molecule has 0 radical (unpaired) electrons. The minimum absolute atomic E-state index is 0.154. The van der Waals surface area contributed by atoms with E-state index in [4.69, 9.17) is 0 Å². The SMILES string of the molecule is CCNc1cc(C)ccc1C(=O)Nc1cc(C)ccn1. The van der Waals surface area contributed by atoms with Crippen LogP contribution in [0.3, 0.4) is 0 Å². The highest BCUT2D eigenvalue weighted by Gasteiger charge is 2.12. The van der Waals surface area contributed by atoms with Gasteiger partial charge in [-0.3, -0.25) is 4.79 Å². The van der Waals surface area contributed by atoms with Gasteiger partial charge in [0.15, 0.2) is 0 Å². The highest BCUT2D eigenvalue weighted by molar-refractivity contribution is 6.07. The molecular weight excluding hydrogens is 250 g/mol. The van der Waals surface area contributed by atoms with Crippen molar-refractivity contribution in [2.24, 2.45) is 0 Å². The molecule has 104 valence electrons. The van der Waals surface area contributed by atoms with Crippen molar-refractivity contribution in [2.75, 3.05) is 17.2 Å². The second-order valence-corrected chi connectivity index (χ2v) is 4.75. The lowest BCUT2D eigenvalue weighted by Gasteiger charge is -2.12. The molecule has 2 rings (SSSR count). The predicted octanol–water partition coefficient (Wildman–Crippen LogP) is 3.38. The molecule has 1 heterocycles. The van der Waals surface area contributed by atoms with E-state index in [9.17, 15) is 4.79 Å². The van der Waals surface area contributed by atoms with Crippen LogP contribution in [0.15, 0.2) is 36.5 Å². The average Bonchev–Trinajstić information content (AvgIpc) is 2.39. The van der Waals surface area contributed by atoms with Crippen molar-refractivity contribution in [2.45, 2.75) is 20.8 Å². The van der Waals surface area contributed by atoms with Crippen molar-refractivity contribution in [1.82, 2.24) is 4.98 Å². The van der Waals surface area contributed by atoms with Gasteiger partial charge in [-0.2, -0.15) is 0 Å². The molecule has 0 aliphatic carbocycles. The van der Waals surface area contributed by atoms with Crippen molar-refractivity contribution in [3.05, 3.63) is 53.2 Å². The fraction of sp³-hybridized carbons (Fsp3) is 0.250. The maximum absolute atomic E-state index is 12.3. The topological polar surface area (TPSA) is 54.0 Å². The summed E-state index contributed by atoms with van der Waals surface area (Å²) in [6.45, 7) is 6.75. The predicted molar refractivity (Wildman–Crippen MR) is 82.3 cm³/mol. The van der Waals surface area contributed by atoms with E-state index in [0.29, 0.717) is 11.4 Å². The molecule has 0 saturated carbocycles. The number of anilines is 2. The van der Waals surface area contributed by atoms with Gasteiger partial charge in [-0.25, -0.2) is 4.98 Å². The van der Waals surface area contributed by atoms with E-state index in [1.807, 2.05) is 51.1 Å². The normalized spacial score (nSPS) is 10.2. The Balaban J connectivity index is 2.24. The van der Waals surface area contributed by atoms with Gasteiger partial charge in [0.1, 0.15) is 5.82 Å². The van der Waals surface area contributed by atoms with Crippen LogP contribution in [-0.4, -0.2) is 17.4 Å². The Morgan fingerprint density at radius 2 is 1.90 bits per heavy atom. The number of hydrogen-bond donors (Lipinski definition) is 2. The molecule has 0 aliphatic rings. The highest BCUT2D eigenvalue weighted by Crippen LogP contribution is 2.19. The van der Waals surface area contributed by atoms with E-state index < -0.39 is 0 Å². The van der Waals surface area contributed by atoms with E-state index in [2.05, 4.69) is 15.6 Å². The number of carbonyl (C=O) groups is 1. The van der Waals surface area contributed by atoms with Crippen LogP contribution >= 0.6 is 0 Å². The summed E-state index contributed by atoms with van der Waals surface area (Å²) < 4.78 is 0.